The molecule has 1 saturated heterocycles. The van der Waals surface area contributed by atoms with Gasteiger partial charge in [-0.15, -0.1) is 0 Å². The maximum absolute atomic E-state index is 12.6. The van der Waals surface area contributed by atoms with Crippen LogP contribution in [-0.4, -0.2) is 34.7 Å². The second-order valence-corrected chi connectivity index (χ2v) is 8.67. The minimum absolute atomic E-state index is 0.233. The average Bonchev–Trinajstić information content (AvgIpc) is 2.95. The first-order chi connectivity index (χ1) is 14.3. The van der Waals surface area contributed by atoms with E-state index in [-0.39, 0.29) is 11.0 Å². The molecule has 2 aromatic carbocycles. The third kappa shape index (κ3) is 5.73. The van der Waals surface area contributed by atoms with Crippen LogP contribution in [0.5, 0.6) is 5.75 Å². The fraction of sp³-hybridized carbons (Fsp3) is 0.227. The summed E-state index contributed by atoms with van der Waals surface area (Å²) >= 11 is 4.19. The molecular formula is C22H20BrNO5S. The summed E-state index contributed by atoms with van der Waals surface area (Å²) in [7, 11) is 0. The number of imide groups is 1. The number of hydrogen-bond acceptors (Lipinski definition) is 6. The number of benzene rings is 2. The van der Waals surface area contributed by atoms with Crippen molar-refractivity contribution in [2.75, 3.05) is 6.54 Å². The Kier molecular flexibility index (Phi) is 7.33. The summed E-state index contributed by atoms with van der Waals surface area (Å²) in [4.78, 5) is 37.8. The number of carbonyl (C=O) groups is 3. The number of esters is 1. The molecule has 1 heterocycles. The Morgan fingerprint density at radius 1 is 1.13 bits per heavy atom. The molecule has 156 valence electrons. The van der Waals surface area contributed by atoms with Crippen LogP contribution in [0.4, 0.5) is 4.79 Å². The van der Waals surface area contributed by atoms with Crippen molar-refractivity contribution < 1.29 is 23.9 Å². The standard InChI is InChI=1S/C22H20BrNO5S/c1-14(2)29-20(25)12-24-21(26)19(30-22(24)27)11-16-5-3-4-6-18(16)28-13-15-7-9-17(23)10-8-15/h3-11,14H,12-13H2,1-2H3/b19-11+. The highest BCUT2D eigenvalue weighted by Gasteiger charge is 2.37. The smallest absolute Gasteiger partial charge is 0.326 e. The lowest BCUT2D eigenvalue weighted by Crippen LogP contribution is -2.35. The third-order valence-electron chi connectivity index (χ3n) is 4.04. The van der Waals surface area contributed by atoms with E-state index >= 15 is 0 Å². The van der Waals surface area contributed by atoms with Crippen LogP contribution in [0, 0.1) is 0 Å². The maximum Gasteiger partial charge on any atom is 0.326 e. The zero-order valence-corrected chi connectivity index (χ0v) is 18.9. The molecule has 2 aromatic rings. The number of para-hydroxylation sites is 1. The van der Waals surface area contributed by atoms with Gasteiger partial charge in [-0.05, 0) is 55.4 Å². The second kappa shape index (κ2) is 9.95. The molecule has 1 fully saturated rings. The van der Waals surface area contributed by atoms with Gasteiger partial charge in [-0.3, -0.25) is 19.3 Å². The molecule has 8 heteroatoms. The normalized spacial score (nSPS) is 15.2. The number of nitrogens with zero attached hydrogens (tertiary/aromatic N) is 1. The number of amides is 2. The van der Waals surface area contributed by atoms with Crippen molar-refractivity contribution in [2.24, 2.45) is 0 Å². The molecule has 2 amide bonds. The van der Waals surface area contributed by atoms with Crippen LogP contribution in [0.2, 0.25) is 0 Å². The van der Waals surface area contributed by atoms with Crippen LogP contribution in [0.3, 0.4) is 0 Å². The van der Waals surface area contributed by atoms with Crippen LogP contribution in [-0.2, 0) is 20.9 Å². The Morgan fingerprint density at radius 3 is 2.53 bits per heavy atom. The average molecular weight is 490 g/mol. The van der Waals surface area contributed by atoms with E-state index in [1.54, 1.807) is 32.1 Å². The van der Waals surface area contributed by atoms with E-state index in [4.69, 9.17) is 9.47 Å². The lowest BCUT2D eigenvalue weighted by molar-refractivity contribution is -0.149. The van der Waals surface area contributed by atoms with Gasteiger partial charge in [0.05, 0.1) is 11.0 Å². The van der Waals surface area contributed by atoms with Crippen LogP contribution in [0.25, 0.3) is 6.08 Å². The van der Waals surface area contributed by atoms with Gasteiger partial charge in [0.2, 0.25) is 0 Å². The SMILES string of the molecule is CC(C)OC(=O)CN1C(=O)S/C(=C/c2ccccc2OCc2ccc(Br)cc2)C1=O. The van der Waals surface area contributed by atoms with Crippen molar-refractivity contribution in [3.8, 4) is 5.75 Å². The molecule has 0 unspecified atom stereocenters. The number of rotatable bonds is 7. The summed E-state index contributed by atoms with van der Waals surface area (Å²) in [5.74, 6) is -0.549. The van der Waals surface area contributed by atoms with Crippen molar-refractivity contribution >= 4 is 50.9 Å². The maximum atomic E-state index is 12.6. The summed E-state index contributed by atoms with van der Waals surface area (Å²) in [6, 6.07) is 15.0. The van der Waals surface area contributed by atoms with Gasteiger partial charge >= 0.3 is 5.97 Å². The van der Waals surface area contributed by atoms with E-state index in [1.165, 1.54) is 0 Å². The molecule has 1 aliphatic rings. The Balaban J connectivity index is 1.73. The minimum atomic E-state index is -0.619. The van der Waals surface area contributed by atoms with E-state index in [0.717, 1.165) is 26.7 Å². The largest absolute Gasteiger partial charge is 0.488 e. The van der Waals surface area contributed by atoms with E-state index < -0.39 is 23.7 Å². The van der Waals surface area contributed by atoms with E-state index in [1.807, 2.05) is 36.4 Å². The Labute approximate surface area is 187 Å². The molecule has 30 heavy (non-hydrogen) atoms. The number of ether oxygens (including phenoxy) is 2. The van der Waals surface area contributed by atoms with Gasteiger partial charge in [0, 0.05) is 10.0 Å². The van der Waals surface area contributed by atoms with Crippen LogP contribution in [0.15, 0.2) is 57.9 Å². The zero-order chi connectivity index (χ0) is 21.7. The summed E-state index contributed by atoms with van der Waals surface area (Å²) in [6.45, 7) is 3.37. The monoisotopic (exact) mass is 489 g/mol. The first-order valence-corrected chi connectivity index (χ1v) is 10.9. The highest BCUT2D eigenvalue weighted by Crippen LogP contribution is 2.34. The van der Waals surface area contributed by atoms with E-state index in [0.29, 0.717) is 17.9 Å². The molecule has 3 rings (SSSR count). The zero-order valence-electron chi connectivity index (χ0n) is 16.5. The van der Waals surface area contributed by atoms with Crippen molar-refractivity contribution in [3.63, 3.8) is 0 Å². The molecule has 0 aliphatic carbocycles. The predicted molar refractivity (Wildman–Crippen MR) is 119 cm³/mol. The molecule has 0 N–H and O–H groups in total. The molecule has 6 nitrogen and oxygen atoms in total. The van der Waals surface area contributed by atoms with Crippen molar-refractivity contribution in [1.82, 2.24) is 4.90 Å². The summed E-state index contributed by atoms with van der Waals surface area (Å²) in [6.07, 6.45) is 1.29. The molecule has 0 saturated carbocycles. The molecule has 0 spiro atoms. The Bertz CT molecular complexity index is 987. The fourth-order valence-corrected chi connectivity index (χ4v) is 3.77. The molecule has 0 bridgehead atoms. The van der Waals surface area contributed by atoms with Gasteiger partial charge < -0.3 is 9.47 Å². The fourth-order valence-electron chi connectivity index (χ4n) is 2.68. The van der Waals surface area contributed by atoms with Gasteiger partial charge in [0.15, 0.2) is 0 Å². The van der Waals surface area contributed by atoms with E-state index in [9.17, 15) is 14.4 Å². The number of thioether (sulfide) groups is 1. The minimum Gasteiger partial charge on any atom is -0.488 e. The molecule has 0 radical (unpaired) electrons. The molecule has 1 aliphatic heterocycles. The second-order valence-electron chi connectivity index (χ2n) is 6.76. The first kappa shape index (κ1) is 22.1. The summed E-state index contributed by atoms with van der Waals surface area (Å²) < 4.78 is 11.9. The molecule has 0 aromatic heterocycles. The number of halogens is 1. The number of carbonyl (C=O) groups excluding carboxylic acids is 3. The topological polar surface area (TPSA) is 72.9 Å². The predicted octanol–water partition coefficient (Wildman–Crippen LogP) is 5.02. The highest BCUT2D eigenvalue weighted by molar-refractivity contribution is 9.10. The Morgan fingerprint density at radius 2 is 1.83 bits per heavy atom. The van der Waals surface area contributed by atoms with Gasteiger partial charge in [-0.2, -0.15) is 0 Å². The van der Waals surface area contributed by atoms with Gasteiger partial charge in [-0.1, -0.05) is 46.3 Å². The summed E-state index contributed by atoms with van der Waals surface area (Å²) in [5, 5.41) is -0.500. The van der Waals surface area contributed by atoms with E-state index in [2.05, 4.69) is 15.9 Å². The number of hydrogen-bond donors (Lipinski definition) is 0. The third-order valence-corrected chi connectivity index (χ3v) is 5.48. The lowest BCUT2D eigenvalue weighted by Gasteiger charge is -2.13. The molecule has 0 atom stereocenters. The van der Waals surface area contributed by atoms with Crippen LogP contribution < -0.4 is 4.74 Å². The quantitative estimate of drug-likeness (QED) is 0.401. The van der Waals surface area contributed by atoms with Crippen molar-refractivity contribution in [2.45, 2.75) is 26.6 Å². The van der Waals surface area contributed by atoms with Gasteiger partial charge in [-0.25, -0.2) is 0 Å². The molecular weight excluding hydrogens is 470 g/mol. The van der Waals surface area contributed by atoms with Crippen molar-refractivity contribution in [3.05, 3.63) is 69.0 Å². The lowest BCUT2D eigenvalue weighted by atomic mass is 10.1. The van der Waals surface area contributed by atoms with Crippen molar-refractivity contribution in [1.29, 1.82) is 0 Å². The van der Waals surface area contributed by atoms with Crippen LogP contribution >= 0.6 is 27.7 Å². The summed E-state index contributed by atoms with van der Waals surface area (Å²) in [5.41, 5.74) is 1.67. The highest BCUT2D eigenvalue weighted by atomic mass is 79.9. The van der Waals surface area contributed by atoms with Crippen LogP contribution in [0.1, 0.15) is 25.0 Å². The Hall–Kier alpha value is -2.58. The van der Waals surface area contributed by atoms with Gasteiger partial charge in [0.25, 0.3) is 11.1 Å². The van der Waals surface area contributed by atoms with Gasteiger partial charge in [0.1, 0.15) is 18.9 Å². The first-order valence-electron chi connectivity index (χ1n) is 9.24.